The van der Waals surface area contributed by atoms with Crippen LogP contribution in [0.2, 0.25) is 0 Å². The molecule has 2 aromatic heterocycles. The maximum atomic E-state index is 4.46. The van der Waals surface area contributed by atoms with Gasteiger partial charge in [0.25, 0.3) is 0 Å². The molecule has 0 unspecified atom stereocenters. The van der Waals surface area contributed by atoms with Crippen LogP contribution in [-0.2, 0) is 6.54 Å². The predicted molar refractivity (Wildman–Crippen MR) is 63.2 cm³/mol. The first-order chi connectivity index (χ1) is 7.76. The molecule has 0 atom stereocenters. The van der Waals surface area contributed by atoms with Gasteiger partial charge in [-0.15, -0.1) is 0 Å². The highest BCUT2D eigenvalue weighted by atomic mass is 15.3. The van der Waals surface area contributed by atoms with Crippen LogP contribution in [0.1, 0.15) is 12.5 Å². The first-order valence-corrected chi connectivity index (χ1v) is 5.29. The summed E-state index contributed by atoms with van der Waals surface area (Å²) in [7, 11) is 1.81. The van der Waals surface area contributed by atoms with Crippen molar-refractivity contribution in [2.24, 2.45) is 0 Å². The second-order valence-corrected chi connectivity index (χ2v) is 3.51. The van der Waals surface area contributed by atoms with Crippen molar-refractivity contribution in [2.45, 2.75) is 20.4 Å². The molecule has 0 aliphatic carbocycles. The molecule has 0 bridgehead atoms. The number of hydrogen-bond acceptors (Lipinski definition) is 4. The lowest BCUT2D eigenvalue weighted by molar-refractivity contribution is 0.665. The highest BCUT2D eigenvalue weighted by Gasteiger charge is 2.10. The van der Waals surface area contributed by atoms with Crippen LogP contribution < -0.4 is 5.32 Å². The Morgan fingerprint density at radius 1 is 1.44 bits per heavy atom. The maximum Gasteiger partial charge on any atom is 0.223 e. The molecular weight excluding hydrogens is 202 g/mol. The van der Waals surface area contributed by atoms with Crippen LogP contribution >= 0.6 is 0 Å². The zero-order chi connectivity index (χ0) is 11.5. The molecule has 2 rings (SSSR count). The van der Waals surface area contributed by atoms with Gasteiger partial charge in [0.15, 0.2) is 0 Å². The number of rotatable bonds is 3. The van der Waals surface area contributed by atoms with Gasteiger partial charge >= 0.3 is 0 Å². The fourth-order valence-electron chi connectivity index (χ4n) is 1.61. The molecule has 84 valence electrons. The first-order valence-electron chi connectivity index (χ1n) is 5.29. The lowest BCUT2D eigenvalue weighted by Gasteiger charge is -2.08. The summed E-state index contributed by atoms with van der Waals surface area (Å²) in [6.07, 6.45) is 3.61. The van der Waals surface area contributed by atoms with E-state index in [1.165, 1.54) is 0 Å². The summed E-state index contributed by atoms with van der Waals surface area (Å²) in [5.41, 5.74) is 3.01. The molecule has 0 amide bonds. The average molecular weight is 217 g/mol. The first kappa shape index (κ1) is 10.6. The average Bonchev–Trinajstić information content (AvgIpc) is 2.77. The molecule has 2 heterocycles. The van der Waals surface area contributed by atoms with Gasteiger partial charge in [-0.2, -0.15) is 5.10 Å². The van der Waals surface area contributed by atoms with Crippen LogP contribution in [0.15, 0.2) is 18.5 Å². The van der Waals surface area contributed by atoms with Crippen molar-refractivity contribution in [3.05, 3.63) is 24.0 Å². The topological polar surface area (TPSA) is 55.6 Å². The largest absolute Gasteiger partial charge is 0.357 e. The molecule has 1 N–H and O–H groups in total. The van der Waals surface area contributed by atoms with Crippen LogP contribution in [-0.4, -0.2) is 26.8 Å². The Hall–Kier alpha value is -1.91. The number of aryl methyl sites for hydroxylation is 2. The van der Waals surface area contributed by atoms with Crippen molar-refractivity contribution < 1.29 is 0 Å². The summed E-state index contributed by atoms with van der Waals surface area (Å²) >= 11 is 0. The van der Waals surface area contributed by atoms with E-state index in [4.69, 9.17) is 0 Å². The molecule has 0 saturated carbocycles. The monoisotopic (exact) mass is 217 g/mol. The van der Waals surface area contributed by atoms with Gasteiger partial charge in [-0.05, 0) is 25.5 Å². The molecule has 0 saturated heterocycles. The zero-order valence-electron chi connectivity index (χ0n) is 9.73. The Balaban J connectivity index is 2.54. The summed E-state index contributed by atoms with van der Waals surface area (Å²) in [5, 5.41) is 7.19. The minimum absolute atomic E-state index is 0.629. The summed E-state index contributed by atoms with van der Waals surface area (Å²) < 4.78 is 1.93. The van der Waals surface area contributed by atoms with Gasteiger partial charge < -0.3 is 5.32 Å². The van der Waals surface area contributed by atoms with Crippen LogP contribution in [0.5, 0.6) is 0 Å². The van der Waals surface area contributed by atoms with Gasteiger partial charge in [-0.1, -0.05) is 0 Å². The molecule has 0 aliphatic rings. The van der Waals surface area contributed by atoms with E-state index < -0.39 is 0 Å². The van der Waals surface area contributed by atoms with E-state index >= 15 is 0 Å². The second-order valence-electron chi connectivity index (χ2n) is 3.51. The third-order valence-corrected chi connectivity index (χ3v) is 2.45. The summed E-state index contributed by atoms with van der Waals surface area (Å²) in [4.78, 5) is 8.63. The Morgan fingerprint density at radius 3 is 2.94 bits per heavy atom. The number of aromatic nitrogens is 4. The third-order valence-electron chi connectivity index (χ3n) is 2.45. The van der Waals surface area contributed by atoms with E-state index in [9.17, 15) is 0 Å². The van der Waals surface area contributed by atoms with Crippen LogP contribution in [0.25, 0.3) is 11.4 Å². The fraction of sp³-hybridized carbons (Fsp3) is 0.364. The van der Waals surface area contributed by atoms with Crippen molar-refractivity contribution in [3.63, 3.8) is 0 Å². The summed E-state index contributed by atoms with van der Waals surface area (Å²) in [6.45, 7) is 4.90. The number of hydrogen-bond donors (Lipinski definition) is 1. The Kier molecular flexibility index (Phi) is 2.85. The van der Waals surface area contributed by atoms with E-state index in [0.29, 0.717) is 5.95 Å². The molecule has 0 radical (unpaired) electrons. The van der Waals surface area contributed by atoms with Crippen LogP contribution in [0.4, 0.5) is 5.95 Å². The number of anilines is 1. The second kappa shape index (κ2) is 4.30. The maximum absolute atomic E-state index is 4.46. The SMILES string of the molecule is CCn1nccc1-c1nc(NC)ncc1C. The fourth-order valence-corrected chi connectivity index (χ4v) is 1.61. The zero-order valence-corrected chi connectivity index (χ0v) is 9.73. The van der Waals surface area contributed by atoms with Gasteiger partial charge in [0.05, 0.1) is 11.4 Å². The summed E-state index contributed by atoms with van der Waals surface area (Å²) in [5.74, 6) is 0.629. The Morgan fingerprint density at radius 2 is 2.25 bits per heavy atom. The van der Waals surface area contributed by atoms with Crippen molar-refractivity contribution in [3.8, 4) is 11.4 Å². The Labute approximate surface area is 94.5 Å². The molecule has 0 fully saturated rings. The Bertz CT molecular complexity index is 489. The molecule has 5 nitrogen and oxygen atoms in total. The number of nitrogens with one attached hydrogen (secondary N) is 1. The van der Waals surface area contributed by atoms with Crippen molar-refractivity contribution in [2.75, 3.05) is 12.4 Å². The molecule has 0 aliphatic heterocycles. The van der Waals surface area contributed by atoms with E-state index in [-0.39, 0.29) is 0 Å². The minimum atomic E-state index is 0.629. The highest BCUT2D eigenvalue weighted by molar-refractivity contribution is 5.59. The lowest BCUT2D eigenvalue weighted by Crippen LogP contribution is -2.04. The molecule has 0 aromatic carbocycles. The van der Waals surface area contributed by atoms with E-state index in [2.05, 4.69) is 27.3 Å². The van der Waals surface area contributed by atoms with Crippen LogP contribution in [0.3, 0.4) is 0 Å². The van der Waals surface area contributed by atoms with Gasteiger partial charge in [0, 0.05) is 26.0 Å². The molecule has 5 heteroatoms. The minimum Gasteiger partial charge on any atom is -0.357 e. The quantitative estimate of drug-likeness (QED) is 0.850. The van der Waals surface area contributed by atoms with Gasteiger partial charge in [-0.3, -0.25) is 4.68 Å². The van der Waals surface area contributed by atoms with Crippen molar-refractivity contribution in [1.29, 1.82) is 0 Å². The van der Waals surface area contributed by atoms with E-state index in [1.54, 1.807) is 6.20 Å². The molecule has 2 aromatic rings. The van der Waals surface area contributed by atoms with E-state index in [0.717, 1.165) is 23.5 Å². The summed E-state index contributed by atoms with van der Waals surface area (Å²) in [6, 6.07) is 1.97. The molecule has 16 heavy (non-hydrogen) atoms. The molecule has 0 spiro atoms. The lowest BCUT2D eigenvalue weighted by atomic mass is 10.2. The van der Waals surface area contributed by atoms with E-state index in [1.807, 2.05) is 30.9 Å². The van der Waals surface area contributed by atoms with Gasteiger partial charge in [-0.25, -0.2) is 9.97 Å². The third kappa shape index (κ3) is 1.76. The number of nitrogens with zero attached hydrogens (tertiary/aromatic N) is 4. The molecular formula is C11H15N5. The predicted octanol–water partition coefficient (Wildman–Crippen LogP) is 1.71. The van der Waals surface area contributed by atoms with Gasteiger partial charge in [0.2, 0.25) is 5.95 Å². The smallest absolute Gasteiger partial charge is 0.223 e. The normalized spacial score (nSPS) is 10.4. The van der Waals surface area contributed by atoms with Gasteiger partial charge in [0.1, 0.15) is 0 Å². The van der Waals surface area contributed by atoms with Crippen molar-refractivity contribution in [1.82, 2.24) is 19.7 Å². The standard InChI is InChI=1S/C11H15N5/c1-4-16-9(5-6-14-16)10-8(2)7-13-11(12-3)15-10/h5-7H,4H2,1-3H3,(H,12,13,15). The van der Waals surface area contributed by atoms with Crippen molar-refractivity contribution >= 4 is 5.95 Å². The highest BCUT2D eigenvalue weighted by Crippen LogP contribution is 2.21. The van der Waals surface area contributed by atoms with Crippen LogP contribution in [0, 0.1) is 6.92 Å².